The zero-order valence-corrected chi connectivity index (χ0v) is 21.7. The molecule has 0 aromatic carbocycles. The van der Waals surface area contributed by atoms with Gasteiger partial charge in [-0.1, -0.05) is 27.7 Å². The maximum atomic E-state index is 11.6. The highest BCUT2D eigenvalue weighted by Gasteiger charge is 2.68. The van der Waals surface area contributed by atoms with E-state index in [1.54, 1.807) is 6.92 Å². The largest absolute Gasteiger partial charge is 0.463 e. The van der Waals surface area contributed by atoms with Crippen molar-refractivity contribution >= 4 is 5.97 Å². The predicted octanol–water partition coefficient (Wildman–Crippen LogP) is 5.94. The Morgan fingerprint density at radius 2 is 1.73 bits per heavy atom. The highest BCUT2D eigenvalue weighted by atomic mass is 16.5. The Morgan fingerprint density at radius 1 is 0.939 bits per heavy atom. The summed E-state index contributed by atoms with van der Waals surface area (Å²) in [6.07, 6.45) is 13.3. The molecule has 0 aromatic heterocycles. The van der Waals surface area contributed by atoms with Gasteiger partial charge >= 0.3 is 5.97 Å². The van der Waals surface area contributed by atoms with Gasteiger partial charge in [0.25, 0.3) is 0 Å². The van der Waals surface area contributed by atoms with Gasteiger partial charge in [-0.15, -0.1) is 0 Å². The van der Waals surface area contributed by atoms with Crippen LogP contribution in [0.3, 0.4) is 0 Å². The molecule has 2 saturated heterocycles. The Labute approximate surface area is 201 Å². The maximum absolute atomic E-state index is 11.6. The molecular weight excluding hydrogens is 410 g/mol. The van der Waals surface area contributed by atoms with Crippen molar-refractivity contribution in [3.63, 3.8) is 0 Å². The van der Waals surface area contributed by atoms with Gasteiger partial charge in [0.05, 0.1) is 6.10 Å². The van der Waals surface area contributed by atoms with Crippen molar-refractivity contribution in [1.82, 2.24) is 5.32 Å². The Kier molecular flexibility index (Phi) is 5.32. The van der Waals surface area contributed by atoms with Crippen molar-refractivity contribution in [3.05, 3.63) is 0 Å². The molecule has 6 aliphatic rings. The van der Waals surface area contributed by atoms with Crippen molar-refractivity contribution in [2.45, 2.75) is 117 Å². The minimum atomic E-state index is -0.1000. The molecule has 0 radical (unpaired) electrons. The topological polar surface area (TPSA) is 47.6 Å². The van der Waals surface area contributed by atoms with Crippen LogP contribution >= 0.6 is 0 Å². The summed E-state index contributed by atoms with van der Waals surface area (Å²) in [5.41, 5.74) is 0.830. The molecule has 0 amide bonds. The van der Waals surface area contributed by atoms with E-state index in [1.165, 1.54) is 51.4 Å². The fraction of sp³-hybridized carbons (Fsp3) is 0.966. The average molecular weight is 458 g/mol. The second-order valence-electron chi connectivity index (χ2n) is 13.8. The lowest BCUT2D eigenvalue weighted by molar-refractivity contribution is -0.162. The number of nitrogens with one attached hydrogen (secondary N) is 1. The van der Waals surface area contributed by atoms with Gasteiger partial charge in [-0.25, -0.2) is 0 Å². The monoisotopic (exact) mass is 457 g/mol. The number of piperidine rings is 1. The summed E-state index contributed by atoms with van der Waals surface area (Å²) in [4.78, 5) is 11.6. The molecular formula is C29H47NO3. The van der Waals surface area contributed by atoms with Crippen LogP contribution in [-0.2, 0) is 14.3 Å². The molecule has 33 heavy (non-hydrogen) atoms. The van der Waals surface area contributed by atoms with Gasteiger partial charge in [0.1, 0.15) is 11.8 Å². The lowest BCUT2D eigenvalue weighted by atomic mass is 9.44. The number of rotatable bonds is 1. The molecule has 2 aliphatic heterocycles. The molecule has 0 bridgehead atoms. The van der Waals surface area contributed by atoms with Crippen molar-refractivity contribution in [1.29, 1.82) is 0 Å². The van der Waals surface area contributed by atoms with Gasteiger partial charge in [-0.3, -0.25) is 10.1 Å². The normalized spacial score (nSPS) is 57.7. The van der Waals surface area contributed by atoms with E-state index in [9.17, 15) is 4.79 Å². The SMILES string of the molecule is CC(=O)O[C@@H]1CC[C@@]2(C)[C@@H](CC[C@H]3[C@H]2CC[C@]2(C)[C@@H]4[C@H](C[C@H]32)O[C@]2(CC[C@@H](C)CN2)[C@H]4C)C1. The number of fused-ring (bicyclic) bond motifs is 7. The molecule has 0 aromatic rings. The van der Waals surface area contributed by atoms with E-state index in [0.717, 1.165) is 54.9 Å². The fourth-order valence-electron chi connectivity index (χ4n) is 10.8. The zero-order chi connectivity index (χ0) is 23.2. The van der Waals surface area contributed by atoms with Gasteiger partial charge < -0.3 is 9.47 Å². The van der Waals surface area contributed by atoms with Gasteiger partial charge in [0.2, 0.25) is 0 Å². The second-order valence-corrected chi connectivity index (χ2v) is 13.8. The molecule has 4 aliphatic carbocycles. The van der Waals surface area contributed by atoms with Gasteiger partial charge in [-0.05, 0) is 111 Å². The fourth-order valence-corrected chi connectivity index (χ4v) is 10.8. The Bertz CT molecular complexity index is 790. The van der Waals surface area contributed by atoms with E-state index in [0.29, 0.717) is 22.9 Å². The van der Waals surface area contributed by atoms with Crippen molar-refractivity contribution in [3.8, 4) is 0 Å². The van der Waals surface area contributed by atoms with Crippen LogP contribution in [-0.4, -0.2) is 30.4 Å². The first-order valence-electron chi connectivity index (χ1n) is 14.3. The average Bonchev–Trinajstić information content (AvgIpc) is 3.21. The van der Waals surface area contributed by atoms with Crippen LogP contribution in [0.5, 0.6) is 0 Å². The Morgan fingerprint density at radius 3 is 2.45 bits per heavy atom. The number of hydrogen-bond acceptors (Lipinski definition) is 4. The second kappa shape index (κ2) is 7.69. The maximum Gasteiger partial charge on any atom is 0.302 e. The molecule has 6 fully saturated rings. The highest BCUT2D eigenvalue weighted by molar-refractivity contribution is 5.66. The van der Waals surface area contributed by atoms with Crippen LogP contribution in [0, 0.1) is 52.3 Å². The number of esters is 1. The van der Waals surface area contributed by atoms with E-state index in [-0.39, 0.29) is 17.8 Å². The highest BCUT2D eigenvalue weighted by Crippen LogP contribution is 2.71. The summed E-state index contributed by atoms with van der Waals surface area (Å²) in [7, 11) is 0. The molecule has 4 saturated carbocycles. The molecule has 0 unspecified atom stereocenters. The number of ether oxygens (including phenoxy) is 2. The summed E-state index contributed by atoms with van der Waals surface area (Å²) < 4.78 is 12.7. The van der Waals surface area contributed by atoms with Crippen LogP contribution in [0.2, 0.25) is 0 Å². The van der Waals surface area contributed by atoms with Crippen LogP contribution < -0.4 is 5.32 Å². The quantitative estimate of drug-likeness (QED) is 0.495. The minimum Gasteiger partial charge on any atom is -0.463 e. The molecule has 4 heteroatoms. The van der Waals surface area contributed by atoms with E-state index >= 15 is 0 Å². The van der Waals surface area contributed by atoms with Gasteiger partial charge in [0.15, 0.2) is 0 Å². The molecule has 6 rings (SSSR count). The standard InChI is InChI=1S/C29H47NO3/c1-17-8-13-29(30-16-17)18(2)26-25(33-29)15-24-22-7-6-20-14-21(32-19(3)31)9-11-27(20,4)23(22)10-12-28(24,26)5/h17-18,20-26,30H,6-16H2,1-5H3/t17-,18+,20+,21-,22+,23-,24-,25+,26+,27+,28+,29-/m1/s1. The van der Waals surface area contributed by atoms with E-state index in [4.69, 9.17) is 9.47 Å². The first-order valence-corrected chi connectivity index (χ1v) is 14.3. The van der Waals surface area contributed by atoms with Crippen LogP contribution in [0.15, 0.2) is 0 Å². The third-order valence-corrected chi connectivity index (χ3v) is 12.4. The molecule has 4 nitrogen and oxygen atoms in total. The van der Waals surface area contributed by atoms with E-state index in [1.807, 2.05) is 0 Å². The summed E-state index contributed by atoms with van der Waals surface area (Å²) >= 11 is 0. The van der Waals surface area contributed by atoms with E-state index < -0.39 is 0 Å². The lowest BCUT2D eigenvalue weighted by Crippen LogP contribution is -2.57. The summed E-state index contributed by atoms with van der Waals surface area (Å²) in [5, 5.41) is 3.89. The lowest BCUT2D eigenvalue weighted by Gasteiger charge is -2.61. The Balaban J connectivity index is 1.21. The van der Waals surface area contributed by atoms with Crippen molar-refractivity contribution in [2.75, 3.05) is 6.54 Å². The summed E-state index contributed by atoms with van der Waals surface area (Å²) in [6, 6.07) is 0. The summed E-state index contributed by atoms with van der Waals surface area (Å²) in [6.45, 7) is 12.8. The van der Waals surface area contributed by atoms with Crippen LogP contribution in [0.4, 0.5) is 0 Å². The zero-order valence-electron chi connectivity index (χ0n) is 21.7. The van der Waals surface area contributed by atoms with Crippen molar-refractivity contribution < 1.29 is 14.3 Å². The first-order chi connectivity index (χ1) is 15.7. The molecule has 2 heterocycles. The molecule has 186 valence electrons. The number of carbonyl (C=O) groups excluding carboxylic acids is 1. The minimum absolute atomic E-state index is 0.0502. The van der Waals surface area contributed by atoms with Crippen LogP contribution in [0.25, 0.3) is 0 Å². The predicted molar refractivity (Wildman–Crippen MR) is 129 cm³/mol. The summed E-state index contributed by atoms with van der Waals surface area (Å²) in [5.74, 6) is 5.29. The van der Waals surface area contributed by atoms with Gasteiger partial charge in [0, 0.05) is 19.4 Å². The number of carbonyl (C=O) groups is 1. The van der Waals surface area contributed by atoms with E-state index in [2.05, 4.69) is 33.0 Å². The van der Waals surface area contributed by atoms with Crippen LogP contribution in [0.1, 0.15) is 98.8 Å². The van der Waals surface area contributed by atoms with Gasteiger partial charge in [-0.2, -0.15) is 0 Å². The number of hydrogen-bond donors (Lipinski definition) is 1. The molecule has 1 spiro atoms. The van der Waals surface area contributed by atoms with Crippen molar-refractivity contribution in [2.24, 2.45) is 52.3 Å². The third-order valence-electron chi connectivity index (χ3n) is 12.4. The first kappa shape index (κ1) is 22.8. The molecule has 12 atom stereocenters. The molecule has 1 N–H and O–H groups in total. The third kappa shape index (κ3) is 3.25. The Hall–Kier alpha value is -0.610. The smallest absolute Gasteiger partial charge is 0.302 e.